The van der Waals surface area contributed by atoms with Crippen molar-refractivity contribution in [1.82, 2.24) is 5.32 Å². The molecule has 124 valence electrons. The predicted octanol–water partition coefficient (Wildman–Crippen LogP) is 3.01. The van der Waals surface area contributed by atoms with Gasteiger partial charge < -0.3 is 11.1 Å². The van der Waals surface area contributed by atoms with Crippen molar-refractivity contribution in [2.75, 3.05) is 13.1 Å². The monoisotopic (exact) mass is 336 g/mol. The van der Waals surface area contributed by atoms with Gasteiger partial charge in [-0.1, -0.05) is 24.6 Å². The molecular formula is C15H20ClF3N2O. The molecule has 22 heavy (non-hydrogen) atoms. The Balaban J connectivity index is 0.00000242. The largest absolute Gasteiger partial charge is 0.416 e. The molecule has 0 saturated heterocycles. The van der Waals surface area contributed by atoms with Crippen LogP contribution in [0.4, 0.5) is 13.2 Å². The van der Waals surface area contributed by atoms with Crippen LogP contribution in [-0.4, -0.2) is 19.0 Å². The number of nitrogens with two attached hydrogens (primary N) is 1. The molecule has 3 nitrogen and oxygen atoms in total. The van der Waals surface area contributed by atoms with Crippen molar-refractivity contribution in [2.45, 2.75) is 37.3 Å². The molecule has 2 rings (SSSR count). The molecule has 0 radical (unpaired) electrons. The summed E-state index contributed by atoms with van der Waals surface area (Å²) in [7, 11) is 0. The highest BCUT2D eigenvalue weighted by Gasteiger charge is 2.40. The molecule has 0 bridgehead atoms. The first-order valence-corrected chi connectivity index (χ1v) is 7.02. The van der Waals surface area contributed by atoms with Gasteiger partial charge >= 0.3 is 6.18 Å². The van der Waals surface area contributed by atoms with E-state index in [0.717, 1.165) is 25.3 Å². The van der Waals surface area contributed by atoms with E-state index in [1.54, 1.807) is 6.07 Å². The standard InChI is InChI=1S/C15H19F3N2O.ClH/c16-15(17,18)12-4-1-3-11(9-12)14(6-2-7-14)10-20-13(21)5-8-19;/h1,3-4,9H,2,5-8,10,19H2,(H,20,21);1H. The van der Waals surface area contributed by atoms with E-state index in [1.807, 2.05) is 0 Å². The Morgan fingerprint density at radius 3 is 2.50 bits per heavy atom. The van der Waals surface area contributed by atoms with E-state index in [2.05, 4.69) is 5.32 Å². The maximum atomic E-state index is 12.8. The first-order chi connectivity index (χ1) is 9.87. The summed E-state index contributed by atoms with van der Waals surface area (Å²) < 4.78 is 38.4. The Morgan fingerprint density at radius 1 is 1.32 bits per heavy atom. The van der Waals surface area contributed by atoms with Gasteiger partial charge in [0, 0.05) is 24.9 Å². The third-order valence-electron chi connectivity index (χ3n) is 4.11. The van der Waals surface area contributed by atoms with Gasteiger partial charge in [0.2, 0.25) is 5.91 Å². The predicted molar refractivity (Wildman–Crippen MR) is 80.9 cm³/mol. The summed E-state index contributed by atoms with van der Waals surface area (Å²) in [5.41, 5.74) is 4.95. The molecular weight excluding hydrogens is 317 g/mol. The molecule has 1 fully saturated rings. The number of benzene rings is 1. The smallest absolute Gasteiger partial charge is 0.355 e. The molecule has 1 aliphatic carbocycles. The lowest BCUT2D eigenvalue weighted by Gasteiger charge is -2.43. The minimum absolute atomic E-state index is 0. The number of rotatable bonds is 5. The van der Waals surface area contributed by atoms with E-state index < -0.39 is 11.7 Å². The zero-order valence-corrected chi connectivity index (χ0v) is 12.9. The Labute approximate surface area is 133 Å². The van der Waals surface area contributed by atoms with E-state index in [1.165, 1.54) is 12.1 Å². The van der Waals surface area contributed by atoms with Gasteiger partial charge in [0.05, 0.1) is 5.56 Å². The Kier molecular flexibility index (Phi) is 6.26. The van der Waals surface area contributed by atoms with Gasteiger partial charge in [0.15, 0.2) is 0 Å². The van der Waals surface area contributed by atoms with Crippen molar-refractivity contribution in [1.29, 1.82) is 0 Å². The number of hydrogen-bond acceptors (Lipinski definition) is 2. The molecule has 0 heterocycles. The summed E-state index contributed by atoms with van der Waals surface area (Å²) in [6.45, 7) is 0.634. The van der Waals surface area contributed by atoms with Crippen LogP contribution in [0.3, 0.4) is 0 Å². The minimum atomic E-state index is -4.34. The number of alkyl halides is 3. The summed E-state index contributed by atoms with van der Waals surface area (Å²) >= 11 is 0. The van der Waals surface area contributed by atoms with Crippen molar-refractivity contribution in [3.63, 3.8) is 0 Å². The highest BCUT2D eigenvalue weighted by atomic mass is 35.5. The van der Waals surface area contributed by atoms with Gasteiger partial charge in [-0.3, -0.25) is 4.79 Å². The molecule has 0 spiro atoms. The van der Waals surface area contributed by atoms with Gasteiger partial charge in [-0.25, -0.2) is 0 Å². The van der Waals surface area contributed by atoms with Crippen LogP contribution in [0.2, 0.25) is 0 Å². The Bertz CT molecular complexity index is 516. The molecule has 0 atom stereocenters. The second kappa shape index (κ2) is 7.33. The van der Waals surface area contributed by atoms with Gasteiger partial charge in [0.25, 0.3) is 0 Å². The van der Waals surface area contributed by atoms with Gasteiger partial charge in [0.1, 0.15) is 0 Å². The van der Waals surface area contributed by atoms with Crippen molar-refractivity contribution in [2.24, 2.45) is 5.73 Å². The van der Waals surface area contributed by atoms with Crippen LogP contribution in [0.15, 0.2) is 24.3 Å². The maximum Gasteiger partial charge on any atom is 0.416 e. The summed E-state index contributed by atoms with van der Waals surface area (Å²) in [6, 6.07) is 5.42. The van der Waals surface area contributed by atoms with Crippen LogP contribution in [0.25, 0.3) is 0 Å². The third-order valence-corrected chi connectivity index (χ3v) is 4.11. The zero-order valence-electron chi connectivity index (χ0n) is 12.1. The fourth-order valence-electron chi connectivity index (χ4n) is 2.68. The third kappa shape index (κ3) is 4.14. The van der Waals surface area contributed by atoms with Crippen LogP contribution >= 0.6 is 12.4 Å². The Hall–Kier alpha value is -1.27. The molecule has 0 aliphatic heterocycles. The number of carbonyl (C=O) groups excluding carboxylic acids is 1. The molecule has 3 N–H and O–H groups in total. The Morgan fingerprint density at radius 2 is 2.00 bits per heavy atom. The molecule has 0 unspecified atom stereocenters. The van der Waals surface area contributed by atoms with Crippen molar-refractivity contribution >= 4 is 18.3 Å². The van der Waals surface area contributed by atoms with E-state index in [-0.39, 0.29) is 36.7 Å². The lowest BCUT2D eigenvalue weighted by molar-refractivity contribution is -0.137. The molecule has 1 aromatic rings. The highest BCUT2D eigenvalue weighted by Crippen LogP contribution is 2.44. The molecule has 7 heteroatoms. The molecule has 1 aliphatic rings. The van der Waals surface area contributed by atoms with Gasteiger partial charge in [-0.15, -0.1) is 12.4 Å². The highest BCUT2D eigenvalue weighted by molar-refractivity contribution is 5.85. The SMILES string of the molecule is Cl.NCCC(=O)NCC1(c2cccc(C(F)(F)F)c2)CCC1. The summed E-state index contributed by atoms with van der Waals surface area (Å²) in [4.78, 5) is 11.5. The summed E-state index contributed by atoms with van der Waals surface area (Å²) in [5.74, 6) is -0.157. The summed E-state index contributed by atoms with van der Waals surface area (Å²) in [6.07, 6.45) is -1.57. The van der Waals surface area contributed by atoms with Crippen LogP contribution in [-0.2, 0) is 16.4 Å². The zero-order chi connectivity index (χ0) is 15.5. The first-order valence-electron chi connectivity index (χ1n) is 7.02. The molecule has 1 aromatic carbocycles. The average molecular weight is 337 g/mol. The van der Waals surface area contributed by atoms with Crippen LogP contribution in [0.5, 0.6) is 0 Å². The van der Waals surface area contributed by atoms with Gasteiger partial charge in [-0.05, 0) is 24.5 Å². The number of nitrogens with one attached hydrogen (secondary N) is 1. The number of amides is 1. The number of halogens is 4. The first kappa shape index (κ1) is 18.8. The minimum Gasteiger partial charge on any atom is -0.355 e. The fourth-order valence-corrected chi connectivity index (χ4v) is 2.68. The number of hydrogen-bond donors (Lipinski definition) is 2. The second-order valence-electron chi connectivity index (χ2n) is 5.53. The maximum absolute atomic E-state index is 12.8. The molecule has 1 amide bonds. The van der Waals surface area contributed by atoms with Gasteiger partial charge in [-0.2, -0.15) is 13.2 Å². The number of carbonyl (C=O) groups is 1. The second-order valence-corrected chi connectivity index (χ2v) is 5.53. The lowest BCUT2D eigenvalue weighted by atomic mass is 9.64. The van der Waals surface area contributed by atoms with E-state index in [9.17, 15) is 18.0 Å². The van der Waals surface area contributed by atoms with E-state index in [4.69, 9.17) is 5.73 Å². The van der Waals surface area contributed by atoms with Crippen molar-refractivity contribution in [3.05, 3.63) is 35.4 Å². The average Bonchev–Trinajstić information content (AvgIpc) is 2.37. The van der Waals surface area contributed by atoms with Crippen LogP contribution in [0, 0.1) is 0 Å². The lowest BCUT2D eigenvalue weighted by Crippen LogP contribution is -2.46. The van der Waals surface area contributed by atoms with E-state index in [0.29, 0.717) is 12.1 Å². The summed E-state index contributed by atoms with van der Waals surface area (Å²) in [5, 5.41) is 2.78. The quantitative estimate of drug-likeness (QED) is 0.868. The molecule has 0 aromatic heterocycles. The van der Waals surface area contributed by atoms with Crippen LogP contribution in [0.1, 0.15) is 36.8 Å². The topological polar surface area (TPSA) is 55.1 Å². The van der Waals surface area contributed by atoms with E-state index >= 15 is 0 Å². The molecule has 1 saturated carbocycles. The van der Waals surface area contributed by atoms with Crippen molar-refractivity contribution < 1.29 is 18.0 Å². The van der Waals surface area contributed by atoms with Crippen LogP contribution < -0.4 is 11.1 Å². The fraction of sp³-hybridized carbons (Fsp3) is 0.533. The van der Waals surface area contributed by atoms with Crippen molar-refractivity contribution in [3.8, 4) is 0 Å². The normalized spacial score (nSPS) is 16.4.